The van der Waals surface area contributed by atoms with Crippen LogP contribution in [-0.2, 0) is 5.54 Å². The van der Waals surface area contributed by atoms with Gasteiger partial charge in [-0.3, -0.25) is 0 Å². The van der Waals surface area contributed by atoms with E-state index < -0.39 is 5.54 Å². The molecule has 1 aliphatic carbocycles. The van der Waals surface area contributed by atoms with Crippen LogP contribution in [0.1, 0.15) is 55.5 Å². The maximum atomic E-state index is 6.55. The first-order chi connectivity index (χ1) is 10.1. The third kappa shape index (κ3) is 2.72. The van der Waals surface area contributed by atoms with Crippen molar-refractivity contribution in [3.63, 3.8) is 0 Å². The van der Waals surface area contributed by atoms with Crippen LogP contribution in [0.4, 0.5) is 0 Å². The third-order valence-electron chi connectivity index (χ3n) is 4.70. The minimum Gasteiger partial charge on any atom is -0.334 e. The van der Waals surface area contributed by atoms with Crippen LogP contribution in [0.25, 0.3) is 11.5 Å². The fourth-order valence-corrected chi connectivity index (χ4v) is 3.10. The van der Waals surface area contributed by atoms with Gasteiger partial charge in [0, 0.05) is 5.56 Å². The molecule has 1 heterocycles. The molecule has 1 saturated carbocycles. The molecule has 112 valence electrons. The van der Waals surface area contributed by atoms with E-state index in [1.54, 1.807) is 0 Å². The van der Waals surface area contributed by atoms with Gasteiger partial charge in [-0.1, -0.05) is 43.0 Å². The minimum atomic E-state index is -0.421. The Bertz CT molecular complexity index is 625. The molecule has 0 unspecified atom stereocenters. The molecule has 1 aliphatic rings. The molecule has 0 saturated heterocycles. The van der Waals surface area contributed by atoms with Gasteiger partial charge in [0.1, 0.15) is 0 Å². The van der Waals surface area contributed by atoms with Gasteiger partial charge in [0.25, 0.3) is 5.89 Å². The van der Waals surface area contributed by atoms with Crippen LogP contribution in [0.15, 0.2) is 22.7 Å². The number of hydrogen-bond donors (Lipinski definition) is 1. The summed E-state index contributed by atoms with van der Waals surface area (Å²) < 4.78 is 5.50. The molecule has 1 fully saturated rings. The second-order valence-electron chi connectivity index (χ2n) is 6.24. The largest absolute Gasteiger partial charge is 0.334 e. The predicted octanol–water partition coefficient (Wildman–Crippen LogP) is 3.86. The maximum absolute atomic E-state index is 6.55. The smallest absolute Gasteiger partial charge is 0.258 e. The van der Waals surface area contributed by atoms with Gasteiger partial charge in [-0.15, -0.1) is 0 Å². The Morgan fingerprint density at radius 2 is 1.81 bits per heavy atom. The van der Waals surface area contributed by atoms with Crippen molar-refractivity contribution in [2.75, 3.05) is 0 Å². The molecule has 21 heavy (non-hydrogen) atoms. The summed E-state index contributed by atoms with van der Waals surface area (Å²) >= 11 is 0. The first-order valence-electron chi connectivity index (χ1n) is 7.80. The molecule has 0 spiro atoms. The summed E-state index contributed by atoms with van der Waals surface area (Å²) in [4.78, 5) is 4.62. The lowest BCUT2D eigenvalue weighted by Crippen LogP contribution is -2.37. The standard InChI is InChI=1S/C17H23N3O/c1-12-8-7-9-14(13(12)2)15-19-16(20-21-15)17(18)10-5-3-4-6-11-17/h7-9H,3-6,10-11,18H2,1-2H3. The van der Waals surface area contributed by atoms with Crippen LogP contribution in [0, 0.1) is 13.8 Å². The second-order valence-corrected chi connectivity index (χ2v) is 6.24. The van der Waals surface area contributed by atoms with Gasteiger partial charge in [0.15, 0.2) is 5.82 Å². The van der Waals surface area contributed by atoms with E-state index in [1.807, 2.05) is 12.1 Å². The van der Waals surface area contributed by atoms with Crippen LogP contribution in [0.3, 0.4) is 0 Å². The number of nitrogens with two attached hydrogens (primary N) is 1. The average Bonchev–Trinajstić information content (AvgIpc) is 2.86. The van der Waals surface area contributed by atoms with Crippen LogP contribution >= 0.6 is 0 Å². The van der Waals surface area contributed by atoms with E-state index in [2.05, 4.69) is 30.1 Å². The Labute approximate surface area is 125 Å². The summed E-state index contributed by atoms with van der Waals surface area (Å²) in [7, 11) is 0. The Morgan fingerprint density at radius 1 is 1.10 bits per heavy atom. The monoisotopic (exact) mass is 285 g/mol. The van der Waals surface area contributed by atoms with Crippen LogP contribution in [-0.4, -0.2) is 10.1 Å². The molecule has 0 amide bonds. The summed E-state index contributed by atoms with van der Waals surface area (Å²) in [5, 5.41) is 4.19. The van der Waals surface area contributed by atoms with E-state index in [0.29, 0.717) is 11.7 Å². The lowest BCUT2D eigenvalue weighted by atomic mass is 9.91. The molecule has 1 aromatic carbocycles. The van der Waals surface area contributed by atoms with Crippen molar-refractivity contribution in [2.45, 2.75) is 57.9 Å². The lowest BCUT2D eigenvalue weighted by Gasteiger charge is -2.23. The molecule has 0 atom stereocenters. The molecule has 0 aliphatic heterocycles. The number of aryl methyl sites for hydroxylation is 1. The highest BCUT2D eigenvalue weighted by atomic mass is 16.5. The van der Waals surface area contributed by atoms with E-state index >= 15 is 0 Å². The first-order valence-corrected chi connectivity index (χ1v) is 7.80. The summed E-state index contributed by atoms with van der Waals surface area (Å²) in [6.45, 7) is 4.17. The van der Waals surface area contributed by atoms with Crippen LogP contribution in [0.2, 0.25) is 0 Å². The maximum Gasteiger partial charge on any atom is 0.258 e. The molecule has 0 radical (unpaired) electrons. The number of aromatic nitrogens is 2. The topological polar surface area (TPSA) is 64.9 Å². The Hall–Kier alpha value is -1.68. The fourth-order valence-electron chi connectivity index (χ4n) is 3.10. The van der Waals surface area contributed by atoms with Crippen molar-refractivity contribution in [1.29, 1.82) is 0 Å². The molecule has 1 aromatic heterocycles. The van der Waals surface area contributed by atoms with Crippen molar-refractivity contribution in [1.82, 2.24) is 10.1 Å². The van der Waals surface area contributed by atoms with E-state index in [1.165, 1.54) is 24.0 Å². The highest BCUT2D eigenvalue weighted by molar-refractivity contribution is 5.60. The average molecular weight is 285 g/mol. The number of hydrogen-bond acceptors (Lipinski definition) is 4. The number of nitrogens with zero attached hydrogens (tertiary/aromatic N) is 2. The van der Waals surface area contributed by atoms with E-state index in [0.717, 1.165) is 31.2 Å². The van der Waals surface area contributed by atoms with Crippen molar-refractivity contribution in [2.24, 2.45) is 5.73 Å². The van der Waals surface area contributed by atoms with Gasteiger partial charge < -0.3 is 10.3 Å². The fraction of sp³-hybridized carbons (Fsp3) is 0.529. The van der Waals surface area contributed by atoms with Gasteiger partial charge in [0.05, 0.1) is 5.54 Å². The molecule has 3 rings (SSSR count). The van der Waals surface area contributed by atoms with Crippen molar-refractivity contribution in [3.05, 3.63) is 35.2 Å². The van der Waals surface area contributed by atoms with E-state index in [9.17, 15) is 0 Å². The summed E-state index contributed by atoms with van der Waals surface area (Å²) in [5.74, 6) is 1.25. The second kappa shape index (κ2) is 5.60. The van der Waals surface area contributed by atoms with E-state index in [-0.39, 0.29) is 0 Å². The molecular weight excluding hydrogens is 262 g/mol. The Kier molecular flexibility index (Phi) is 3.81. The van der Waals surface area contributed by atoms with Gasteiger partial charge in [-0.2, -0.15) is 4.98 Å². The number of benzene rings is 1. The molecule has 2 aromatic rings. The van der Waals surface area contributed by atoms with Gasteiger partial charge in [0.2, 0.25) is 0 Å². The highest BCUT2D eigenvalue weighted by Crippen LogP contribution is 2.33. The van der Waals surface area contributed by atoms with Crippen LogP contribution < -0.4 is 5.73 Å². The molecule has 4 heteroatoms. The molecule has 4 nitrogen and oxygen atoms in total. The van der Waals surface area contributed by atoms with Gasteiger partial charge in [-0.05, 0) is 43.9 Å². The van der Waals surface area contributed by atoms with Crippen LogP contribution in [0.5, 0.6) is 0 Å². The van der Waals surface area contributed by atoms with Crippen molar-refractivity contribution in [3.8, 4) is 11.5 Å². The highest BCUT2D eigenvalue weighted by Gasteiger charge is 2.33. The lowest BCUT2D eigenvalue weighted by molar-refractivity contribution is 0.334. The predicted molar refractivity (Wildman–Crippen MR) is 82.8 cm³/mol. The van der Waals surface area contributed by atoms with Crippen molar-refractivity contribution < 1.29 is 4.52 Å². The zero-order valence-electron chi connectivity index (χ0n) is 12.9. The van der Waals surface area contributed by atoms with Gasteiger partial charge >= 0.3 is 0 Å². The molecular formula is C17H23N3O. The first kappa shape index (κ1) is 14.3. The van der Waals surface area contributed by atoms with Crippen molar-refractivity contribution >= 4 is 0 Å². The summed E-state index contributed by atoms with van der Waals surface area (Å²) in [5.41, 5.74) is 9.55. The SMILES string of the molecule is Cc1cccc(-c2nc(C3(N)CCCCCC3)no2)c1C. The summed E-state index contributed by atoms with van der Waals surface area (Å²) in [6.07, 6.45) is 6.67. The third-order valence-corrected chi connectivity index (χ3v) is 4.70. The zero-order valence-corrected chi connectivity index (χ0v) is 12.9. The molecule has 2 N–H and O–H groups in total. The Balaban J connectivity index is 1.94. The minimum absolute atomic E-state index is 0.421. The van der Waals surface area contributed by atoms with E-state index in [4.69, 9.17) is 10.3 Å². The summed E-state index contributed by atoms with van der Waals surface area (Å²) in [6, 6.07) is 6.13. The van der Waals surface area contributed by atoms with Gasteiger partial charge in [-0.25, -0.2) is 0 Å². The number of rotatable bonds is 2. The normalized spacial score (nSPS) is 18.4. The Morgan fingerprint density at radius 3 is 2.52 bits per heavy atom. The zero-order chi connectivity index (χ0) is 14.9. The quantitative estimate of drug-likeness (QED) is 0.851. The molecule has 0 bridgehead atoms.